The highest BCUT2D eigenvalue weighted by atomic mass is 16.5. The summed E-state index contributed by atoms with van der Waals surface area (Å²) in [7, 11) is 0. The molecule has 14 heavy (non-hydrogen) atoms. The molecule has 0 aliphatic heterocycles. The number of benzene rings is 1. The fraction of sp³-hybridized carbons (Fsp3) is 0.111. The fourth-order valence-corrected chi connectivity index (χ4v) is 1.27. The molecular weight excluding hydrogens is 186 g/mol. The molecule has 0 saturated carbocycles. The standard InChI is InChI=1S/C9H7NO4/c11-7-3-1-2-5-6(4-8(12)13)10-14-9(5)7/h1-3,11H,4H2,(H,12,13). The van der Waals surface area contributed by atoms with Gasteiger partial charge in [-0.25, -0.2) is 0 Å². The molecule has 0 radical (unpaired) electrons. The number of carbonyl (C=O) groups is 1. The van der Waals surface area contributed by atoms with E-state index in [9.17, 15) is 9.90 Å². The van der Waals surface area contributed by atoms with Crippen molar-refractivity contribution in [2.75, 3.05) is 0 Å². The second-order valence-electron chi connectivity index (χ2n) is 2.85. The fourth-order valence-electron chi connectivity index (χ4n) is 1.27. The smallest absolute Gasteiger partial charge is 0.309 e. The molecule has 0 unspecified atom stereocenters. The van der Waals surface area contributed by atoms with Crippen molar-refractivity contribution in [2.45, 2.75) is 6.42 Å². The number of phenols is 1. The first-order chi connectivity index (χ1) is 6.68. The van der Waals surface area contributed by atoms with Crippen LogP contribution in [0, 0.1) is 0 Å². The molecule has 72 valence electrons. The van der Waals surface area contributed by atoms with E-state index < -0.39 is 5.97 Å². The Morgan fingerprint density at radius 3 is 3.00 bits per heavy atom. The number of rotatable bonds is 2. The van der Waals surface area contributed by atoms with Gasteiger partial charge in [-0.1, -0.05) is 11.2 Å². The van der Waals surface area contributed by atoms with E-state index in [0.717, 1.165) is 0 Å². The van der Waals surface area contributed by atoms with Gasteiger partial charge in [-0.2, -0.15) is 0 Å². The van der Waals surface area contributed by atoms with E-state index in [4.69, 9.17) is 9.63 Å². The highest BCUT2D eigenvalue weighted by Gasteiger charge is 2.13. The summed E-state index contributed by atoms with van der Waals surface area (Å²) in [6.07, 6.45) is -0.212. The van der Waals surface area contributed by atoms with Crippen LogP contribution in [0.5, 0.6) is 5.75 Å². The molecular formula is C9H7NO4. The minimum absolute atomic E-state index is 0.0355. The van der Waals surface area contributed by atoms with Gasteiger partial charge in [-0.05, 0) is 12.1 Å². The lowest BCUT2D eigenvalue weighted by molar-refractivity contribution is -0.136. The largest absolute Gasteiger partial charge is 0.504 e. The maximum Gasteiger partial charge on any atom is 0.309 e. The molecule has 0 bridgehead atoms. The van der Waals surface area contributed by atoms with Gasteiger partial charge in [0.05, 0.1) is 6.42 Å². The molecule has 0 atom stereocenters. The van der Waals surface area contributed by atoms with Gasteiger partial charge >= 0.3 is 5.97 Å². The summed E-state index contributed by atoms with van der Waals surface area (Å²) in [5, 5.41) is 22.0. The van der Waals surface area contributed by atoms with E-state index >= 15 is 0 Å². The molecule has 5 heteroatoms. The highest BCUT2D eigenvalue weighted by Crippen LogP contribution is 2.26. The van der Waals surface area contributed by atoms with E-state index in [1.807, 2.05) is 0 Å². The number of phenolic OH excluding ortho intramolecular Hbond substituents is 1. The van der Waals surface area contributed by atoms with Crippen LogP contribution in [0.3, 0.4) is 0 Å². The molecule has 0 aliphatic rings. The van der Waals surface area contributed by atoms with Crippen LogP contribution >= 0.6 is 0 Å². The van der Waals surface area contributed by atoms with Gasteiger partial charge in [0.2, 0.25) is 5.58 Å². The number of carboxylic acids is 1. The van der Waals surface area contributed by atoms with Crippen molar-refractivity contribution in [1.82, 2.24) is 5.16 Å². The summed E-state index contributed by atoms with van der Waals surface area (Å²) in [4.78, 5) is 10.5. The Hall–Kier alpha value is -2.04. The first-order valence-corrected chi connectivity index (χ1v) is 3.96. The molecule has 2 aromatic rings. The van der Waals surface area contributed by atoms with Crippen molar-refractivity contribution >= 4 is 16.9 Å². The summed E-state index contributed by atoms with van der Waals surface area (Å²) in [6.45, 7) is 0. The Morgan fingerprint density at radius 2 is 2.29 bits per heavy atom. The maximum atomic E-state index is 10.5. The van der Waals surface area contributed by atoms with Gasteiger partial charge in [0.1, 0.15) is 5.69 Å². The summed E-state index contributed by atoms with van der Waals surface area (Å²) < 4.78 is 4.82. The predicted octanol–water partition coefficient (Wildman–Crippen LogP) is 1.16. The maximum absolute atomic E-state index is 10.5. The number of aromatic hydroxyl groups is 1. The van der Waals surface area contributed by atoms with Crippen LogP contribution in [0.15, 0.2) is 22.7 Å². The van der Waals surface area contributed by atoms with E-state index in [1.165, 1.54) is 6.07 Å². The van der Waals surface area contributed by atoms with Gasteiger partial charge in [0, 0.05) is 5.39 Å². The Bertz CT molecular complexity index is 489. The molecule has 2 N–H and O–H groups in total. The first-order valence-electron chi connectivity index (χ1n) is 3.96. The Morgan fingerprint density at radius 1 is 1.50 bits per heavy atom. The summed E-state index contributed by atoms with van der Waals surface area (Å²) in [5.74, 6) is -1.02. The van der Waals surface area contributed by atoms with Crippen LogP contribution in [0.25, 0.3) is 11.0 Å². The SMILES string of the molecule is O=C(O)Cc1noc2c(O)cccc12. The van der Waals surface area contributed by atoms with Crippen LogP contribution in [-0.2, 0) is 11.2 Å². The normalized spacial score (nSPS) is 10.6. The summed E-state index contributed by atoms with van der Waals surface area (Å²) in [5.41, 5.74) is 0.548. The molecule has 0 spiro atoms. The van der Waals surface area contributed by atoms with E-state index in [1.54, 1.807) is 12.1 Å². The molecule has 5 nitrogen and oxygen atoms in total. The number of hydrogen-bond acceptors (Lipinski definition) is 4. The second kappa shape index (κ2) is 3.02. The van der Waals surface area contributed by atoms with Gasteiger partial charge in [-0.15, -0.1) is 0 Å². The summed E-state index contributed by atoms with van der Waals surface area (Å²) in [6, 6.07) is 4.72. The highest BCUT2D eigenvalue weighted by molar-refractivity contribution is 5.87. The minimum atomic E-state index is -0.983. The molecule has 1 aromatic carbocycles. The molecule has 0 amide bonds. The first kappa shape index (κ1) is 8.55. The zero-order chi connectivity index (χ0) is 10.1. The van der Waals surface area contributed by atoms with Crippen molar-refractivity contribution in [3.63, 3.8) is 0 Å². The Balaban J connectivity index is 2.58. The lowest BCUT2D eigenvalue weighted by Gasteiger charge is -1.91. The van der Waals surface area contributed by atoms with Crippen LogP contribution in [0.4, 0.5) is 0 Å². The van der Waals surface area contributed by atoms with Crippen molar-refractivity contribution in [3.8, 4) is 5.75 Å². The second-order valence-corrected chi connectivity index (χ2v) is 2.85. The van der Waals surface area contributed by atoms with Crippen LogP contribution in [0.2, 0.25) is 0 Å². The molecule has 1 aromatic heterocycles. The van der Waals surface area contributed by atoms with Gasteiger partial charge in [0.15, 0.2) is 5.75 Å². The third-order valence-electron chi connectivity index (χ3n) is 1.87. The lowest BCUT2D eigenvalue weighted by Crippen LogP contribution is -2.00. The monoisotopic (exact) mass is 193 g/mol. The van der Waals surface area contributed by atoms with Gasteiger partial charge in [0.25, 0.3) is 0 Å². The van der Waals surface area contributed by atoms with Crippen molar-refractivity contribution in [2.24, 2.45) is 0 Å². The average Bonchev–Trinajstić information content (AvgIpc) is 2.49. The zero-order valence-electron chi connectivity index (χ0n) is 7.10. The van der Waals surface area contributed by atoms with E-state index in [0.29, 0.717) is 11.1 Å². The third-order valence-corrected chi connectivity index (χ3v) is 1.87. The van der Waals surface area contributed by atoms with E-state index in [-0.39, 0.29) is 17.8 Å². The predicted molar refractivity (Wildman–Crippen MR) is 47.0 cm³/mol. The molecule has 0 fully saturated rings. The van der Waals surface area contributed by atoms with Crippen molar-refractivity contribution in [3.05, 3.63) is 23.9 Å². The third kappa shape index (κ3) is 1.28. The number of para-hydroxylation sites is 1. The Kier molecular flexibility index (Phi) is 1.85. The number of nitrogens with zero attached hydrogens (tertiary/aromatic N) is 1. The number of fused-ring (bicyclic) bond motifs is 1. The summed E-state index contributed by atoms with van der Waals surface area (Å²) >= 11 is 0. The van der Waals surface area contributed by atoms with Crippen molar-refractivity contribution in [1.29, 1.82) is 0 Å². The lowest BCUT2D eigenvalue weighted by atomic mass is 10.1. The number of aromatic nitrogens is 1. The van der Waals surface area contributed by atoms with Crippen LogP contribution < -0.4 is 0 Å². The molecule has 1 heterocycles. The van der Waals surface area contributed by atoms with E-state index in [2.05, 4.69) is 5.16 Å². The van der Waals surface area contributed by atoms with Crippen molar-refractivity contribution < 1.29 is 19.5 Å². The number of aliphatic carboxylic acids is 1. The average molecular weight is 193 g/mol. The van der Waals surface area contributed by atoms with Gasteiger partial charge in [-0.3, -0.25) is 4.79 Å². The topological polar surface area (TPSA) is 83.6 Å². The Labute approximate surface area is 78.6 Å². The molecule has 2 rings (SSSR count). The zero-order valence-corrected chi connectivity index (χ0v) is 7.10. The minimum Gasteiger partial charge on any atom is -0.504 e. The quantitative estimate of drug-likeness (QED) is 0.747. The van der Waals surface area contributed by atoms with Crippen LogP contribution in [-0.4, -0.2) is 21.3 Å². The molecule has 0 saturated heterocycles. The number of hydrogen-bond donors (Lipinski definition) is 2. The van der Waals surface area contributed by atoms with Gasteiger partial charge < -0.3 is 14.7 Å². The van der Waals surface area contributed by atoms with Crippen LogP contribution in [0.1, 0.15) is 5.69 Å². The number of carboxylic acid groups (broad SMARTS) is 1. The molecule has 0 aliphatic carbocycles.